The van der Waals surface area contributed by atoms with E-state index >= 15 is 0 Å². The van der Waals surface area contributed by atoms with E-state index in [1.165, 1.54) is 35.7 Å². The molecule has 0 aliphatic carbocycles. The lowest BCUT2D eigenvalue weighted by molar-refractivity contribution is 0.0474. The van der Waals surface area contributed by atoms with Gasteiger partial charge in [-0.2, -0.15) is 0 Å². The van der Waals surface area contributed by atoms with Crippen LogP contribution in [0.5, 0.6) is 5.75 Å². The summed E-state index contributed by atoms with van der Waals surface area (Å²) >= 11 is 0. The summed E-state index contributed by atoms with van der Waals surface area (Å²) in [5, 5.41) is 0. The van der Waals surface area contributed by atoms with Crippen LogP contribution in [-0.4, -0.2) is 39.9 Å². The van der Waals surface area contributed by atoms with E-state index in [1.807, 2.05) is 19.1 Å². The summed E-state index contributed by atoms with van der Waals surface area (Å²) in [7, 11) is -2.37. The molecular weight excluding hydrogens is 442 g/mol. The highest BCUT2D eigenvalue weighted by molar-refractivity contribution is 7.92. The first kappa shape index (κ1) is 22.5. The molecule has 0 bridgehead atoms. The third kappa shape index (κ3) is 4.47. The Labute approximate surface area is 192 Å². The summed E-state index contributed by atoms with van der Waals surface area (Å²) in [6.07, 6.45) is 0.616. The maximum absolute atomic E-state index is 13.4. The van der Waals surface area contributed by atoms with E-state index < -0.39 is 22.6 Å². The molecule has 0 saturated carbocycles. The standard InChI is InChI=1S/C25H23NO6S/c1-17-14-19-6-3-4-9-23(19)26(17)33(29,30)22-8-5-7-20(15-22)25(28)32-16-24(27)18-10-12-21(31-2)13-11-18/h3-13,15,17H,14,16H2,1-2H3/t17-/m1/s1. The molecule has 8 heteroatoms. The van der Waals surface area contributed by atoms with Crippen molar-refractivity contribution in [2.75, 3.05) is 18.0 Å². The molecule has 0 aromatic heterocycles. The number of esters is 1. The molecule has 7 nitrogen and oxygen atoms in total. The lowest BCUT2D eigenvalue weighted by Gasteiger charge is -2.24. The van der Waals surface area contributed by atoms with E-state index in [0.29, 0.717) is 23.4 Å². The van der Waals surface area contributed by atoms with Gasteiger partial charge in [0.25, 0.3) is 10.0 Å². The molecule has 0 N–H and O–H groups in total. The summed E-state index contributed by atoms with van der Waals surface area (Å²) in [6.45, 7) is 1.39. The van der Waals surface area contributed by atoms with Crippen LogP contribution in [0.25, 0.3) is 0 Å². The Morgan fingerprint density at radius 2 is 1.70 bits per heavy atom. The van der Waals surface area contributed by atoms with E-state index in [9.17, 15) is 18.0 Å². The van der Waals surface area contributed by atoms with Crippen LogP contribution in [0.2, 0.25) is 0 Å². The van der Waals surface area contributed by atoms with Gasteiger partial charge >= 0.3 is 5.97 Å². The highest BCUT2D eigenvalue weighted by atomic mass is 32.2. The Morgan fingerprint density at radius 3 is 2.42 bits per heavy atom. The Hall–Kier alpha value is -3.65. The fourth-order valence-corrected chi connectivity index (χ4v) is 5.61. The van der Waals surface area contributed by atoms with Gasteiger partial charge in [-0.1, -0.05) is 24.3 Å². The third-order valence-electron chi connectivity index (χ3n) is 5.52. The number of nitrogens with zero attached hydrogens (tertiary/aromatic N) is 1. The molecule has 0 radical (unpaired) electrons. The van der Waals surface area contributed by atoms with Gasteiger partial charge in [-0.05, 0) is 67.4 Å². The van der Waals surface area contributed by atoms with Gasteiger partial charge in [0.05, 0.1) is 23.3 Å². The lowest BCUT2D eigenvalue weighted by Crippen LogP contribution is -2.35. The number of fused-ring (bicyclic) bond motifs is 1. The van der Waals surface area contributed by atoms with Crippen molar-refractivity contribution in [2.24, 2.45) is 0 Å². The minimum atomic E-state index is -3.89. The van der Waals surface area contributed by atoms with Crippen molar-refractivity contribution in [3.8, 4) is 5.75 Å². The summed E-state index contributed by atoms with van der Waals surface area (Å²) in [5.41, 5.74) is 2.03. The van der Waals surface area contributed by atoms with Crippen molar-refractivity contribution in [3.05, 3.63) is 89.5 Å². The molecule has 3 aromatic carbocycles. The molecule has 0 amide bonds. The highest BCUT2D eigenvalue weighted by Gasteiger charge is 2.36. The van der Waals surface area contributed by atoms with Crippen LogP contribution in [0.15, 0.2) is 77.7 Å². The van der Waals surface area contributed by atoms with Gasteiger partial charge in [0.1, 0.15) is 5.75 Å². The molecule has 1 aliphatic heterocycles. The van der Waals surface area contributed by atoms with Crippen molar-refractivity contribution in [3.63, 3.8) is 0 Å². The zero-order valence-electron chi connectivity index (χ0n) is 18.2. The Morgan fingerprint density at radius 1 is 0.970 bits per heavy atom. The summed E-state index contributed by atoms with van der Waals surface area (Å²) in [6, 6.07) is 19.2. The quantitative estimate of drug-likeness (QED) is 0.389. The Balaban J connectivity index is 1.50. The number of hydrogen-bond acceptors (Lipinski definition) is 6. The zero-order valence-corrected chi connectivity index (χ0v) is 19.0. The topological polar surface area (TPSA) is 90.0 Å². The normalized spacial score (nSPS) is 15.1. The third-order valence-corrected chi connectivity index (χ3v) is 7.44. The fourth-order valence-electron chi connectivity index (χ4n) is 3.88. The predicted molar refractivity (Wildman–Crippen MR) is 123 cm³/mol. The summed E-state index contributed by atoms with van der Waals surface area (Å²) < 4.78 is 38.4. The van der Waals surface area contributed by atoms with E-state index in [2.05, 4.69) is 0 Å². The number of methoxy groups -OCH3 is 1. The number of ketones is 1. The molecule has 3 aromatic rings. The predicted octanol–water partition coefficient (Wildman–Crippen LogP) is 3.87. The van der Waals surface area contributed by atoms with Gasteiger partial charge in [-0.15, -0.1) is 0 Å². The minimum absolute atomic E-state index is 0.0121. The molecule has 4 rings (SSSR count). The van der Waals surface area contributed by atoms with Crippen molar-refractivity contribution in [2.45, 2.75) is 24.3 Å². The first-order chi connectivity index (χ1) is 15.8. The van der Waals surface area contributed by atoms with Crippen molar-refractivity contribution in [1.82, 2.24) is 0 Å². The van der Waals surface area contributed by atoms with Gasteiger partial charge in [-0.25, -0.2) is 13.2 Å². The Kier molecular flexibility index (Phi) is 6.20. The number of sulfonamides is 1. The number of ether oxygens (including phenoxy) is 2. The van der Waals surface area contributed by atoms with Gasteiger partial charge in [-0.3, -0.25) is 9.10 Å². The number of hydrogen-bond donors (Lipinski definition) is 0. The van der Waals surface area contributed by atoms with Crippen molar-refractivity contribution < 1.29 is 27.5 Å². The van der Waals surface area contributed by atoms with Crippen LogP contribution < -0.4 is 9.04 Å². The average molecular weight is 466 g/mol. The molecular formula is C25H23NO6S. The number of carbonyl (C=O) groups is 2. The van der Waals surface area contributed by atoms with Crippen molar-refractivity contribution >= 4 is 27.5 Å². The number of para-hydroxylation sites is 1. The number of anilines is 1. The first-order valence-corrected chi connectivity index (χ1v) is 11.8. The number of carbonyl (C=O) groups excluding carboxylic acids is 2. The van der Waals surface area contributed by atoms with Gasteiger partial charge in [0.2, 0.25) is 0 Å². The Bertz CT molecular complexity index is 1300. The number of Topliss-reactive ketones (excluding diaryl/α,β-unsaturated/α-hetero) is 1. The number of benzene rings is 3. The van der Waals surface area contributed by atoms with Crippen molar-refractivity contribution in [1.29, 1.82) is 0 Å². The largest absolute Gasteiger partial charge is 0.497 e. The lowest BCUT2D eigenvalue weighted by atomic mass is 10.1. The molecule has 0 spiro atoms. The first-order valence-electron chi connectivity index (χ1n) is 10.4. The van der Waals surface area contributed by atoms with Crippen LogP contribution in [0.3, 0.4) is 0 Å². The molecule has 0 unspecified atom stereocenters. The van der Waals surface area contributed by atoms with Crippen LogP contribution in [0.4, 0.5) is 5.69 Å². The molecule has 1 aliphatic rings. The second kappa shape index (κ2) is 9.07. The molecule has 0 saturated heterocycles. The number of rotatable bonds is 7. The van der Waals surface area contributed by atoms with E-state index in [1.54, 1.807) is 36.4 Å². The maximum Gasteiger partial charge on any atom is 0.338 e. The van der Waals surface area contributed by atoms with Gasteiger partial charge in [0, 0.05) is 11.6 Å². The van der Waals surface area contributed by atoms with Gasteiger partial charge in [0.15, 0.2) is 12.4 Å². The highest BCUT2D eigenvalue weighted by Crippen LogP contribution is 2.36. The molecule has 1 atom stereocenters. The summed E-state index contributed by atoms with van der Waals surface area (Å²) in [4.78, 5) is 24.8. The average Bonchev–Trinajstić information content (AvgIpc) is 3.18. The van der Waals surface area contributed by atoms with Crippen LogP contribution >= 0.6 is 0 Å². The SMILES string of the molecule is COc1ccc(C(=O)COC(=O)c2cccc(S(=O)(=O)N3c4ccccc4C[C@H]3C)c2)cc1. The molecule has 1 heterocycles. The zero-order chi connectivity index (χ0) is 23.6. The fraction of sp³-hybridized carbons (Fsp3) is 0.200. The maximum atomic E-state index is 13.4. The smallest absolute Gasteiger partial charge is 0.338 e. The second-order valence-electron chi connectivity index (χ2n) is 7.74. The van der Waals surface area contributed by atoms with E-state index in [0.717, 1.165) is 5.56 Å². The van der Waals surface area contributed by atoms with Gasteiger partial charge < -0.3 is 9.47 Å². The molecule has 0 fully saturated rings. The van der Waals surface area contributed by atoms with E-state index in [-0.39, 0.29) is 22.3 Å². The van der Waals surface area contributed by atoms with Crippen LogP contribution in [-0.2, 0) is 21.2 Å². The molecule has 33 heavy (non-hydrogen) atoms. The minimum Gasteiger partial charge on any atom is -0.497 e. The monoisotopic (exact) mass is 465 g/mol. The van der Waals surface area contributed by atoms with Crippen LogP contribution in [0, 0.1) is 0 Å². The van der Waals surface area contributed by atoms with E-state index in [4.69, 9.17) is 9.47 Å². The summed E-state index contributed by atoms with van der Waals surface area (Å²) in [5.74, 6) is -0.544. The second-order valence-corrected chi connectivity index (χ2v) is 9.55. The molecule has 170 valence electrons. The van der Waals surface area contributed by atoms with Crippen LogP contribution in [0.1, 0.15) is 33.2 Å².